The number of fused-ring (bicyclic) bond motifs is 2. The standard InChI is InChI=1S/C29H41FN2O7/c1-28(2,15-33)14-31-26(35)23-16-5-6-17(11-16)24(23)32-25(34)19-12-22(20(30)13-21(19)38-4)39-18-7-9-29(3,10-8-18)27(36)37/h12-13,16-18,23-24,33H,5-11,14-15H2,1-4H3,(H,31,35)(H,32,34)(H,36,37). The molecular weight excluding hydrogens is 507 g/mol. The highest BCUT2D eigenvalue weighted by molar-refractivity contribution is 5.98. The van der Waals surface area contributed by atoms with Gasteiger partial charge in [-0.25, -0.2) is 4.39 Å². The van der Waals surface area contributed by atoms with Crippen LogP contribution in [-0.4, -0.2) is 60.4 Å². The number of aliphatic hydroxyl groups excluding tert-OH is 1. The fourth-order valence-electron chi connectivity index (χ4n) is 6.32. The first kappa shape index (κ1) is 29.1. The molecule has 216 valence electrons. The lowest BCUT2D eigenvalue weighted by molar-refractivity contribution is -0.150. The Kier molecular flexibility index (Phi) is 8.44. The van der Waals surface area contributed by atoms with Gasteiger partial charge < -0.3 is 30.3 Å². The molecule has 0 aliphatic heterocycles. The van der Waals surface area contributed by atoms with Crippen LogP contribution in [-0.2, 0) is 9.59 Å². The lowest BCUT2D eigenvalue weighted by atomic mass is 9.75. The van der Waals surface area contributed by atoms with Crippen LogP contribution in [0.5, 0.6) is 11.5 Å². The summed E-state index contributed by atoms with van der Waals surface area (Å²) in [5, 5.41) is 25.0. The number of benzene rings is 1. The normalized spacial score (nSPS) is 30.1. The fourth-order valence-corrected chi connectivity index (χ4v) is 6.32. The van der Waals surface area contributed by atoms with Crippen molar-refractivity contribution in [1.82, 2.24) is 10.6 Å². The Morgan fingerprint density at radius 2 is 1.77 bits per heavy atom. The number of carbonyl (C=O) groups is 3. The molecule has 0 saturated heterocycles. The van der Waals surface area contributed by atoms with Crippen molar-refractivity contribution < 1.29 is 38.5 Å². The van der Waals surface area contributed by atoms with Gasteiger partial charge in [0.25, 0.3) is 5.91 Å². The molecule has 4 atom stereocenters. The summed E-state index contributed by atoms with van der Waals surface area (Å²) >= 11 is 0. The summed E-state index contributed by atoms with van der Waals surface area (Å²) in [5.41, 5.74) is -1.15. The van der Waals surface area contributed by atoms with Crippen LogP contribution in [0.25, 0.3) is 0 Å². The molecular formula is C29H41FN2O7. The van der Waals surface area contributed by atoms with Crippen molar-refractivity contribution in [2.24, 2.45) is 28.6 Å². The quantitative estimate of drug-likeness (QED) is 0.351. The van der Waals surface area contributed by atoms with Gasteiger partial charge in [0.05, 0.1) is 30.1 Å². The van der Waals surface area contributed by atoms with E-state index < -0.39 is 28.5 Å². The van der Waals surface area contributed by atoms with Crippen molar-refractivity contribution in [3.8, 4) is 11.5 Å². The molecule has 0 heterocycles. The topological polar surface area (TPSA) is 134 Å². The van der Waals surface area contributed by atoms with E-state index in [9.17, 15) is 29.0 Å². The summed E-state index contributed by atoms with van der Waals surface area (Å²) in [4.78, 5) is 38.2. The van der Waals surface area contributed by atoms with Crippen LogP contribution in [0.3, 0.4) is 0 Å². The van der Waals surface area contributed by atoms with Crippen molar-refractivity contribution in [3.05, 3.63) is 23.5 Å². The number of carboxylic acid groups (broad SMARTS) is 1. The third-order valence-electron chi connectivity index (χ3n) is 9.03. The maximum absolute atomic E-state index is 14.9. The van der Waals surface area contributed by atoms with Crippen LogP contribution < -0.4 is 20.1 Å². The molecule has 4 rings (SSSR count). The minimum absolute atomic E-state index is 0.0569. The van der Waals surface area contributed by atoms with E-state index in [0.717, 1.165) is 25.3 Å². The van der Waals surface area contributed by atoms with Gasteiger partial charge >= 0.3 is 5.97 Å². The summed E-state index contributed by atoms with van der Waals surface area (Å²) in [6, 6.07) is 2.09. The predicted octanol–water partition coefficient (Wildman–Crippen LogP) is 3.53. The lowest BCUT2D eigenvalue weighted by Gasteiger charge is -2.34. The van der Waals surface area contributed by atoms with Crippen molar-refractivity contribution in [2.45, 2.75) is 77.9 Å². The van der Waals surface area contributed by atoms with Gasteiger partial charge in [-0.15, -0.1) is 0 Å². The Bertz CT molecular complexity index is 1100. The number of aliphatic carboxylic acids is 1. The average Bonchev–Trinajstić information content (AvgIpc) is 3.51. The van der Waals surface area contributed by atoms with Crippen molar-refractivity contribution in [2.75, 3.05) is 20.3 Å². The average molecular weight is 549 g/mol. The second kappa shape index (κ2) is 11.3. The number of halogens is 1. The van der Waals surface area contributed by atoms with Crippen LogP contribution in [0.1, 0.15) is 76.1 Å². The second-order valence-corrected chi connectivity index (χ2v) is 12.6. The first-order valence-corrected chi connectivity index (χ1v) is 13.8. The van der Waals surface area contributed by atoms with Crippen molar-refractivity contribution in [3.63, 3.8) is 0 Å². The van der Waals surface area contributed by atoms with Gasteiger partial charge in [0.2, 0.25) is 5.91 Å². The van der Waals surface area contributed by atoms with E-state index in [0.29, 0.717) is 32.2 Å². The first-order valence-electron chi connectivity index (χ1n) is 13.8. The minimum atomic E-state index is -0.847. The molecule has 9 nitrogen and oxygen atoms in total. The number of carboxylic acids is 1. The van der Waals surface area contributed by atoms with E-state index in [1.165, 1.54) is 13.2 Å². The highest BCUT2D eigenvalue weighted by atomic mass is 19.1. The number of ether oxygens (including phenoxy) is 2. The summed E-state index contributed by atoms with van der Waals surface area (Å²) < 4.78 is 26.1. The maximum Gasteiger partial charge on any atom is 0.309 e. The molecule has 3 saturated carbocycles. The van der Waals surface area contributed by atoms with Gasteiger partial charge in [-0.2, -0.15) is 0 Å². The molecule has 2 amide bonds. The lowest BCUT2D eigenvalue weighted by Crippen LogP contribution is -2.51. The summed E-state index contributed by atoms with van der Waals surface area (Å²) in [6.45, 7) is 5.71. The predicted molar refractivity (Wildman–Crippen MR) is 141 cm³/mol. The van der Waals surface area contributed by atoms with E-state index in [2.05, 4.69) is 10.6 Å². The van der Waals surface area contributed by atoms with Crippen LogP contribution in [0.2, 0.25) is 0 Å². The first-order chi connectivity index (χ1) is 18.4. The van der Waals surface area contributed by atoms with Gasteiger partial charge in [0, 0.05) is 30.7 Å². The molecule has 3 fully saturated rings. The van der Waals surface area contributed by atoms with E-state index in [1.807, 2.05) is 13.8 Å². The number of nitrogens with one attached hydrogen (secondary N) is 2. The molecule has 10 heteroatoms. The smallest absolute Gasteiger partial charge is 0.309 e. The van der Waals surface area contributed by atoms with Gasteiger partial charge in [0.15, 0.2) is 11.6 Å². The Hall–Kier alpha value is -2.88. The van der Waals surface area contributed by atoms with E-state index in [4.69, 9.17) is 9.47 Å². The molecule has 3 aliphatic carbocycles. The molecule has 4 unspecified atom stereocenters. The number of amides is 2. The van der Waals surface area contributed by atoms with E-state index >= 15 is 0 Å². The monoisotopic (exact) mass is 548 g/mol. The zero-order chi connectivity index (χ0) is 28.5. The highest BCUT2D eigenvalue weighted by Crippen LogP contribution is 2.49. The molecule has 3 aliphatic rings. The number of hydrogen-bond donors (Lipinski definition) is 4. The van der Waals surface area contributed by atoms with Crippen LogP contribution in [0, 0.1) is 34.4 Å². The van der Waals surface area contributed by atoms with Gasteiger partial charge in [0.1, 0.15) is 5.75 Å². The summed E-state index contributed by atoms with van der Waals surface area (Å²) in [7, 11) is 1.36. The number of methoxy groups -OCH3 is 1. The van der Waals surface area contributed by atoms with Crippen LogP contribution in [0.15, 0.2) is 12.1 Å². The Morgan fingerprint density at radius 3 is 2.38 bits per heavy atom. The third kappa shape index (κ3) is 6.15. The molecule has 1 aromatic rings. The number of carbonyl (C=O) groups excluding carboxylic acids is 2. The SMILES string of the molecule is COc1cc(F)c(OC2CCC(C)(C(=O)O)CC2)cc1C(=O)NC1C2CCC(C2)C1C(=O)NCC(C)(C)CO. The zero-order valence-corrected chi connectivity index (χ0v) is 23.2. The number of hydrogen-bond acceptors (Lipinski definition) is 6. The third-order valence-corrected chi connectivity index (χ3v) is 9.03. The molecule has 2 bridgehead atoms. The fraction of sp³-hybridized carbons (Fsp3) is 0.690. The van der Waals surface area contributed by atoms with Gasteiger partial charge in [-0.1, -0.05) is 13.8 Å². The van der Waals surface area contributed by atoms with Crippen molar-refractivity contribution >= 4 is 17.8 Å². The van der Waals surface area contributed by atoms with E-state index in [-0.39, 0.29) is 59.5 Å². The molecule has 39 heavy (non-hydrogen) atoms. The number of rotatable bonds is 10. The van der Waals surface area contributed by atoms with Crippen molar-refractivity contribution in [1.29, 1.82) is 0 Å². The molecule has 0 radical (unpaired) electrons. The van der Waals surface area contributed by atoms with E-state index in [1.54, 1.807) is 6.92 Å². The zero-order valence-electron chi connectivity index (χ0n) is 23.2. The second-order valence-electron chi connectivity index (χ2n) is 12.6. The van der Waals surface area contributed by atoms with Crippen LogP contribution >= 0.6 is 0 Å². The molecule has 0 spiro atoms. The Labute approximate surface area is 228 Å². The Balaban J connectivity index is 1.48. The molecule has 1 aromatic carbocycles. The Morgan fingerprint density at radius 1 is 1.10 bits per heavy atom. The van der Waals surface area contributed by atoms with Gasteiger partial charge in [-0.3, -0.25) is 14.4 Å². The highest BCUT2D eigenvalue weighted by Gasteiger charge is 2.51. The largest absolute Gasteiger partial charge is 0.496 e. The molecule has 0 aromatic heterocycles. The minimum Gasteiger partial charge on any atom is -0.496 e. The molecule has 4 N–H and O–H groups in total. The van der Waals surface area contributed by atoms with Crippen LogP contribution in [0.4, 0.5) is 4.39 Å². The maximum atomic E-state index is 14.9. The number of aliphatic hydroxyl groups is 1. The van der Waals surface area contributed by atoms with Gasteiger partial charge in [-0.05, 0) is 69.8 Å². The summed E-state index contributed by atoms with van der Waals surface area (Å²) in [5.74, 6) is -2.16. The summed E-state index contributed by atoms with van der Waals surface area (Å²) in [6.07, 6.45) is 4.11.